The number of unbranched alkanes of at least 4 members (excludes halogenated alkanes) is 1. The maximum absolute atomic E-state index is 3.47. The molecule has 1 fully saturated rings. The van der Waals surface area contributed by atoms with Crippen molar-refractivity contribution in [1.29, 1.82) is 0 Å². The first kappa shape index (κ1) is 14.0. The van der Waals surface area contributed by atoms with Crippen molar-refractivity contribution in [3.8, 4) is 0 Å². The number of rotatable bonds is 8. The maximum Gasteiger partial charge on any atom is 0.00103 e. The van der Waals surface area contributed by atoms with Crippen LogP contribution in [-0.2, 0) is 0 Å². The predicted molar refractivity (Wildman–Crippen MR) is 71.8 cm³/mol. The molecule has 0 atom stereocenters. The zero-order valence-electron chi connectivity index (χ0n) is 11.5. The van der Waals surface area contributed by atoms with Crippen molar-refractivity contribution in [1.82, 2.24) is 10.2 Å². The Morgan fingerprint density at radius 2 is 1.88 bits per heavy atom. The standard InChI is InChI=1S/C14H30N2/c1-13(2)15-10-6-7-11-16(3)12-14-8-4-5-9-14/h13-15H,4-12H2,1-3H3. The highest BCUT2D eigenvalue weighted by molar-refractivity contribution is 4.70. The van der Waals surface area contributed by atoms with E-state index in [2.05, 4.69) is 31.1 Å². The van der Waals surface area contributed by atoms with Gasteiger partial charge in [-0.3, -0.25) is 0 Å². The molecule has 1 saturated carbocycles. The Hall–Kier alpha value is -0.0800. The smallest absolute Gasteiger partial charge is 0.00103 e. The fourth-order valence-electron chi connectivity index (χ4n) is 2.62. The van der Waals surface area contributed by atoms with Gasteiger partial charge >= 0.3 is 0 Å². The third-order valence-corrected chi connectivity index (χ3v) is 3.56. The fourth-order valence-corrected chi connectivity index (χ4v) is 2.62. The van der Waals surface area contributed by atoms with Crippen LogP contribution in [0.5, 0.6) is 0 Å². The van der Waals surface area contributed by atoms with Gasteiger partial charge < -0.3 is 10.2 Å². The largest absolute Gasteiger partial charge is 0.315 e. The van der Waals surface area contributed by atoms with Gasteiger partial charge in [-0.2, -0.15) is 0 Å². The first-order valence-corrected chi connectivity index (χ1v) is 7.10. The molecule has 0 saturated heterocycles. The van der Waals surface area contributed by atoms with E-state index in [1.165, 1.54) is 58.2 Å². The molecule has 0 aromatic carbocycles. The van der Waals surface area contributed by atoms with Crippen LogP contribution in [0.2, 0.25) is 0 Å². The molecule has 1 aliphatic carbocycles. The SMILES string of the molecule is CC(C)NCCCCN(C)CC1CCCC1. The van der Waals surface area contributed by atoms with E-state index in [1.807, 2.05) is 0 Å². The van der Waals surface area contributed by atoms with Crippen LogP contribution < -0.4 is 5.32 Å². The monoisotopic (exact) mass is 226 g/mol. The van der Waals surface area contributed by atoms with E-state index in [9.17, 15) is 0 Å². The lowest BCUT2D eigenvalue weighted by Gasteiger charge is -2.20. The van der Waals surface area contributed by atoms with E-state index in [4.69, 9.17) is 0 Å². The van der Waals surface area contributed by atoms with Crippen molar-refractivity contribution in [2.45, 2.75) is 58.4 Å². The van der Waals surface area contributed by atoms with Crippen LogP contribution in [0.1, 0.15) is 52.4 Å². The van der Waals surface area contributed by atoms with Gasteiger partial charge in [0.15, 0.2) is 0 Å². The molecular weight excluding hydrogens is 196 g/mol. The van der Waals surface area contributed by atoms with Crippen molar-refractivity contribution < 1.29 is 0 Å². The summed E-state index contributed by atoms with van der Waals surface area (Å²) in [4.78, 5) is 2.53. The minimum absolute atomic E-state index is 0.635. The van der Waals surface area contributed by atoms with E-state index in [1.54, 1.807) is 0 Å². The van der Waals surface area contributed by atoms with Gasteiger partial charge in [0.25, 0.3) is 0 Å². The van der Waals surface area contributed by atoms with E-state index in [0.717, 1.165) is 5.92 Å². The average Bonchev–Trinajstić information content (AvgIpc) is 2.69. The zero-order chi connectivity index (χ0) is 11.8. The van der Waals surface area contributed by atoms with Gasteiger partial charge in [0.2, 0.25) is 0 Å². The molecule has 0 bridgehead atoms. The lowest BCUT2D eigenvalue weighted by Crippen LogP contribution is -2.27. The summed E-state index contributed by atoms with van der Waals surface area (Å²) in [7, 11) is 2.29. The molecule has 1 rings (SSSR count). The molecule has 0 heterocycles. The van der Waals surface area contributed by atoms with Gasteiger partial charge in [-0.05, 0) is 51.7 Å². The molecule has 0 aromatic heterocycles. The summed E-state index contributed by atoms with van der Waals surface area (Å²) in [6.07, 6.45) is 8.53. The average molecular weight is 226 g/mol. The molecule has 1 aliphatic rings. The summed E-state index contributed by atoms with van der Waals surface area (Å²) in [6.45, 7) is 8.21. The molecule has 2 nitrogen and oxygen atoms in total. The molecule has 0 unspecified atom stereocenters. The van der Waals surface area contributed by atoms with Crippen molar-refractivity contribution in [2.75, 3.05) is 26.7 Å². The van der Waals surface area contributed by atoms with E-state index in [0.29, 0.717) is 6.04 Å². The maximum atomic E-state index is 3.47. The second-order valence-corrected chi connectivity index (χ2v) is 5.73. The summed E-state index contributed by atoms with van der Waals surface area (Å²) in [5.41, 5.74) is 0. The van der Waals surface area contributed by atoms with Crippen molar-refractivity contribution >= 4 is 0 Å². The lowest BCUT2D eigenvalue weighted by molar-refractivity contribution is 0.272. The third-order valence-electron chi connectivity index (χ3n) is 3.56. The van der Waals surface area contributed by atoms with Crippen LogP contribution >= 0.6 is 0 Å². The summed E-state index contributed by atoms with van der Waals surface area (Å²) in [5.74, 6) is 0.999. The van der Waals surface area contributed by atoms with Crippen LogP contribution in [0.3, 0.4) is 0 Å². The molecule has 0 spiro atoms. The van der Waals surface area contributed by atoms with Gasteiger partial charge in [-0.15, -0.1) is 0 Å². The van der Waals surface area contributed by atoms with Gasteiger partial charge in [0, 0.05) is 12.6 Å². The zero-order valence-corrected chi connectivity index (χ0v) is 11.5. The Balaban J connectivity index is 1.91. The normalized spacial score (nSPS) is 17.8. The van der Waals surface area contributed by atoms with E-state index >= 15 is 0 Å². The number of hydrogen-bond acceptors (Lipinski definition) is 2. The van der Waals surface area contributed by atoms with Crippen LogP contribution in [-0.4, -0.2) is 37.6 Å². The summed E-state index contributed by atoms with van der Waals surface area (Å²) >= 11 is 0. The molecule has 2 heteroatoms. The summed E-state index contributed by atoms with van der Waals surface area (Å²) in [6, 6.07) is 0.635. The molecule has 0 aromatic rings. The Bertz CT molecular complexity index is 162. The Kier molecular flexibility index (Phi) is 7.06. The third kappa shape index (κ3) is 6.49. The first-order valence-electron chi connectivity index (χ1n) is 7.10. The predicted octanol–water partition coefficient (Wildman–Crippen LogP) is 2.89. The highest BCUT2D eigenvalue weighted by Crippen LogP contribution is 2.25. The molecule has 96 valence electrons. The van der Waals surface area contributed by atoms with Crippen molar-refractivity contribution in [2.24, 2.45) is 5.92 Å². The van der Waals surface area contributed by atoms with E-state index < -0.39 is 0 Å². The van der Waals surface area contributed by atoms with Gasteiger partial charge in [0.05, 0.1) is 0 Å². The minimum atomic E-state index is 0.635. The highest BCUT2D eigenvalue weighted by Gasteiger charge is 2.16. The highest BCUT2D eigenvalue weighted by atomic mass is 15.1. The van der Waals surface area contributed by atoms with Crippen LogP contribution in [0, 0.1) is 5.92 Å². The summed E-state index contributed by atoms with van der Waals surface area (Å²) in [5, 5.41) is 3.47. The quantitative estimate of drug-likeness (QED) is 0.640. The molecule has 0 aliphatic heterocycles. The Morgan fingerprint density at radius 1 is 1.19 bits per heavy atom. The number of nitrogens with zero attached hydrogens (tertiary/aromatic N) is 1. The topological polar surface area (TPSA) is 15.3 Å². The molecule has 1 N–H and O–H groups in total. The Labute approximate surface area is 102 Å². The molecular formula is C14H30N2. The number of nitrogens with one attached hydrogen (secondary N) is 1. The van der Waals surface area contributed by atoms with Gasteiger partial charge in [0.1, 0.15) is 0 Å². The molecule has 0 amide bonds. The first-order chi connectivity index (χ1) is 7.68. The van der Waals surface area contributed by atoms with Crippen molar-refractivity contribution in [3.63, 3.8) is 0 Å². The summed E-state index contributed by atoms with van der Waals surface area (Å²) < 4.78 is 0. The van der Waals surface area contributed by atoms with Crippen LogP contribution in [0.4, 0.5) is 0 Å². The number of hydrogen-bond donors (Lipinski definition) is 1. The van der Waals surface area contributed by atoms with Gasteiger partial charge in [-0.1, -0.05) is 26.7 Å². The van der Waals surface area contributed by atoms with Crippen molar-refractivity contribution in [3.05, 3.63) is 0 Å². The lowest BCUT2D eigenvalue weighted by atomic mass is 10.1. The van der Waals surface area contributed by atoms with Crippen LogP contribution in [0.15, 0.2) is 0 Å². The molecule has 16 heavy (non-hydrogen) atoms. The van der Waals surface area contributed by atoms with E-state index in [-0.39, 0.29) is 0 Å². The van der Waals surface area contributed by atoms with Gasteiger partial charge in [-0.25, -0.2) is 0 Å². The minimum Gasteiger partial charge on any atom is -0.315 e. The van der Waals surface area contributed by atoms with Crippen LogP contribution in [0.25, 0.3) is 0 Å². The second kappa shape index (κ2) is 8.08. The Morgan fingerprint density at radius 3 is 2.50 bits per heavy atom. The molecule has 0 radical (unpaired) electrons. The fraction of sp³-hybridized carbons (Fsp3) is 1.00. The second-order valence-electron chi connectivity index (χ2n) is 5.73.